The Morgan fingerprint density at radius 3 is 2.38 bits per heavy atom. The molecule has 0 saturated carbocycles. The van der Waals surface area contributed by atoms with Gasteiger partial charge in [0.25, 0.3) is 0 Å². The molecule has 1 aliphatic heterocycles. The van der Waals surface area contributed by atoms with Gasteiger partial charge in [-0.2, -0.15) is 0 Å². The van der Waals surface area contributed by atoms with Crippen LogP contribution < -0.4 is 0 Å². The van der Waals surface area contributed by atoms with E-state index in [2.05, 4.69) is 12.8 Å². The Kier molecular flexibility index (Phi) is 3.52. The first kappa shape index (κ1) is 11.9. The molecular weight excluding hydrogens is 225 g/mol. The quantitative estimate of drug-likeness (QED) is 0.777. The molecule has 0 aromatic heterocycles. The van der Waals surface area contributed by atoms with Crippen molar-refractivity contribution in [1.82, 2.24) is 4.31 Å². The SMILES string of the molecule is OC1(C(F)c2ccccc2)CCN(S)CC1. The minimum absolute atomic E-state index is 0.423. The van der Waals surface area contributed by atoms with Gasteiger partial charge in [0.2, 0.25) is 0 Å². The molecule has 2 rings (SSSR count). The molecule has 1 unspecified atom stereocenters. The van der Waals surface area contributed by atoms with Crippen LogP contribution in [0.1, 0.15) is 24.6 Å². The van der Waals surface area contributed by atoms with Crippen molar-refractivity contribution in [2.24, 2.45) is 0 Å². The topological polar surface area (TPSA) is 23.5 Å². The van der Waals surface area contributed by atoms with Crippen LogP contribution in [0.15, 0.2) is 30.3 Å². The normalized spacial score (nSPS) is 22.9. The van der Waals surface area contributed by atoms with Crippen molar-refractivity contribution in [1.29, 1.82) is 0 Å². The van der Waals surface area contributed by atoms with Gasteiger partial charge in [-0.1, -0.05) is 43.1 Å². The summed E-state index contributed by atoms with van der Waals surface area (Å²) in [5.74, 6) is 0. The first-order valence-electron chi connectivity index (χ1n) is 5.47. The zero-order valence-corrected chi connectivity index (χ0v) is 9.91. The number of hydrogen-bond acceptors (Lipinski definition) is 3. The molecular formula is C12H16FNOS. The van der Waals surface area contributed by atoms with Gasteiger partial charge in [0, 0.05) is 13.1 Å². The third-order valence-corrected chi connectivity index (χ3v) is 3.57. The minimum Gasteiger partial charge on any atom is -0.386 e. The molecule has 1 aromatic rings. The van der Waals surface area contributed by atoms with Crippen molar-refractivity contribution in [3.05, 3.63) is 35.9 Å². The van der Waals surface area contributed by atoms with Gasteiger partial charge in [-0.05, 0) is 18.4 Å². The number of aliphatic hydroxyl groups is 1. The highest BCUT2D eigenvalue weighted by Gasteiger charge is 2.40. The number of rotatable bonds is 2. The van der Waals surface area contributed by atoms with Crippen LogP contribution in [0.5, 0.6) is 0 Å². The molecule has 0 spiro atoms. The van der Waals surface area contributed by atoms with Crippen LogP contribution in [0.3, 0.4) is 0 Å². The van der Waals surface area contributed by atoms with Crippen LogP contribution in [-0.4, -0.2) is 28.1 Å². The molecule has 1 saturated heterocycles. The summed E-state index contributed by atoms with van der Waals surface area (Å²) in [7, 11) is 0. The highest BCUT2D eigenvalue weighted by Crippen LogP contribution is 2.37. The fraction of sp³-hybridized carbons (Fsp3) is 0.500. The summed E-state index contributed by atoms with van der Waals surface area (Å²) in [5.41, 5.74) is -0.682. The molecule has 88 valence electrons. The van der Waals surface area contributed by atoms with Crippen molar-refractivity contribution < 1.29 is 9.50 Å². The molecule has 1 aliphatic rings. The molecule has 4 heteroatoms. The summed E-state index contributed by atoms with van der Waals surface area (Å²) in [4.78, 5) is 0. The number of nitrogens with zero attached hydrogens (tertiary/aromatic N) is 1. The summed E-state index contributed by atoms with van der Waals surface area (Å²) < 4.78 is 16.1. The Morgan fingerprint density at radius 2 is 1.81 bits per heavy atom. The van der Waals surface area contributed by atoms with E-state index in [1.54, 1.807) is 24.3 Å². The van der Waals surface area contributed by atoms with Gasteiger partial charge >= 0.3 is 0 Å². The second-order valence-corrected chi connectivity index (χ2v) is 4.90. The Bertz CT molecular complexity index is 338. The van der Waals surface area contributed by atoms with Crippen LogP contribution in [0, 0.1) is 0 Å². The number of alkyl halides is 1. The number of thiol groups is 1. The average Bonchev–Trinajstić information content (AvgIpc) is 2.33. The second kappa shape index (κ2) is 4.73. The molecule has 16 heavy (non-hydrogen) atoms. The van der Waals surface area contributed by atoms with Crippen molar-refractivity contribution in [3.8, 4) is 0 Å². The van der Waals surface area contributed by atoms with Crippen LogP contribution in [0.4, 0.5) is 4.39 Å². The molecule has 0 bridgehead atoms. The summed E-state index contributed by atoms with van der Waals surface area (Å²) >= 11 is 4.19. The number of hydrogen-bond donors (Lipinski definition) is 2. The predicted octanol–water partition coefficient (Wildman–Crippen LogP) is 2.37. The predicted molar refractivity (Wildman–Crippen MR) is 65.0 cm³/mol. The van der Waals surface area contributed by atoms with E-state index in [4.69, 9.17) is 0 Å². The first-order chi connectivity index (χ1) is 7.62. The zero-order valence-electron chi connectivity index (χ0n) is 9.01. The Hall–Kier alpha value is -0.580. The van der Waals surface area contributed by atoms with Gasteiger partial charge in [-0.25, -0.2) is 4.39 Å². The summed E-state index contributed by atoms with van der Waals surface area (Å²) in [6.45, 7) is 1.24. The Balaban J connectivity index is 2.12. The maximum Gasteiger partial charge on any atom is 0.154 e. The van der Waals surface area contributed by atoms with Crippen molar-refractivity contribution in [2.75, 3.05) is 13.1 Å². The van der Waals surface area contributed by atoms with Crippen LogP contribution in [-0.2, 0) is 0 Å². The van der Waals surface area contributed by atoms with E-state index in [0.29, 0.717) is 31.5 Å². The second-order valence-electron chi connectivity index (χ2n) is 4.33. The van der Waals surface area contributed by atoms with Gasteiger partial charge in [-0.3, -0.25) is 4.31 Å². The summed E-state index contributed by atoms with van der Waals surface area (Å²) in [6.07, 6.45) is -0.463. The molecule has 0 radical (unpaired) electrons. The average molecular weight is 241 g/mol. The van der Waals surface area contributed by atoms with E-state index in [-0.39, 0.29) is 0 Å². The van der Waals surface area contributed by atoms with Crippen molar-refractivity contribution in [2.45, 2.75) is 24.6 Å². The molecule has 1 aromatic carbocycles. The van der Waals surface area contributed by atoms with E-state index in [1.807, 2.05) is 10.4 Å². The summed E-state index contributed by atoms with van der Waals surface area (Å²) in [6, 6.07) is 8.86. The zero-order chi connectivity index (χ0) is 11.6. The maximum atomic E-state index is 14.2. The van der Waals surface area contributed by atoms with Gasteiger partial charge in [-0.15, -0.1) is 0 Å². The Morgan fingerprint density at radius 1 is 1.25 bits per heavy atom. The van der Waals surface area contributed by atoms with Crippen LogP contribution in [0.25, 0.3) is 0 Å². The van der Waals surface area contributed by atoms with Crippen molar-refractivity contribution >= 4 is 12.8 Å². The molecule has 1 N–H and O–H groups in total. The lowest BCUT2D eigenvalue weighted by Crippen LogP contribution is -2.44. The minimum atomic E-state index is -1.31. The largest absolute Gasteiger partial charge is 0.386 e. The van der Waals surface area contributed by atoms with Gasteiger partial charge < -0.3 is 5.11 Å². The van der Waals surface area contributed by atoms with E-state index >= 15 is 0 Å². The van der Waals surface area contributed by atoms with Crippen LogP contribution in [0.2, 0.25) is 0 Å². The van der Waals surface area contributed by atoms with E-state index in [1.165, 1.54) is 0 Å². The highest BCUT2D eigenvalue weighted by atomic mass is 32.1. The third-order valence-electron chi connectivity index (χ3n) is 3.17. The smallest absolute Gasteiger partial charge is 0.154 e. The molecule has 0 aliphatic carbocycles. The van der Waals surface area contributed by atoms with E-state index < -0.39 is 11.8 Å². The standard InChI is InChI=1S/C12H16FNOS/c13-11(10-4-2-1-3-5-10)12(15)6-8-14(16)9-7-12/h1-5,11,15-16H,6-9H2. The van der Waals surface area contributed by atoms with Gasteiger partial charge in [0.05, 0.1) is 0 Å². The number of halogens is 1. The summed E-state index contributed by atoms with van der Waals surface area (Å²) in [5, 5.41) is 10.3. The fourth-order valence-electron chi connectivity index (χ4n) is 2.07. The maximum absolute atomic E-state index is 14.2. The van der Waals surface area contributed by atoms with Gasteiger partial charge in [0.1, 0.15) is 5.60 Å². The highest BCUT2D eigenvalue weighted by molar-refractivity contribution is 7.77. The number of benzene rings is 1. The molecule has 1 atom stereocenters. The molecule has 1 heterocycles. The lowest BCUT2D eigenvalue weighted by molar-refractivity contribution is -0.0684. The lowest BCUT2D eigenvalue weighted by Gasteiger charge is -2.38. The van der Waals surface area contributed by atoms with Crippen molar-refractivity contribution in [3.63, 3.8) is 0 Å². The first-order valence-corrected chi connectivity index (χ1v) is 5.87. The monoisotopic (exact) mass is 241 g/mol. The van der Waals surface area contributed by atoms with Gasteiger partial charge in [0.15, 0.2) is 6.17 Å². The lowest BCUT2D eigenvalue weighted by atomic mass is 9.84. The van der Waals surface area contributed by atoms with E-state index in [0.717, 1.165) is 0 Å². The number of piperidine rings is 1. The molecule has 0 amide bonds. The third kappa shape index (κ3) is 2.39. The Labute approximate surface area is 101 Å². The fourth-order valence-corrected chi connectivity index (χ4v) is 2.27. The molecule has 1 fully saturated rings. The van der Waals surface area contributed by atoms with E-state index in [9.17, 15) is 9.50 Å². The molecule has 2 nitrogen and oxygen atoms in total. The van der Waals surface area contributed by atoms with Crippen LogP contribution >= 0.6 is 12.8 Å².